The van der Waals surface area contributed by atoms with Crippen LogP contribution >= 0.6 is 11.3 Å². The SMILES string of the molecule is C=C(C)CN1CCC(NCc2nc(-c3ccccc3)cs2)CC1. The topological polar surface area (TPSA) is 28.2 Å². The van der Waals surface area contributed by atoms with Gasteiger partial charge in [-0.05, 0) is 32.9 Å². The number of rotatable bonds is 6. The van der Waals surface area contributed by atoms with E-state index in [2.05, 4.69) is 53.4 Å². The van der Waals surface area contributed by atoms with Crippen LogP contribution in [-0.4, -0.2) is 35.6 Å². The van der Waals surface area contributed by atoms with Crippen LogP contribution < -0.4 is 5.32 Å². The van der Waals surface area contributed by atoms with Gasteiger partial charge in [0.25, 0.3) is 0 Å². The molecule has 4 heteroatoms. The Morgan fingerprint density at radius 3 is 2.74 bits per heavy atom. The van der Waals surface area contributed by atoms with Crippen LogP contribution in [0, 0.1) is 0 Å². The molecule has 2 aromatic rings. The van der Waals surface area contributed by atoms with Gasteiger partial charge in [-0.15, -0.1) is 11.3 Å². The number of likely N-dealkylation sites (tertiary alicyclic amines) is 1. The number of piperidine rings is 1. The van der Waals surface area contributed by atoms with Crippen molar-refractivity contribution in [1.82, 2.24) is 15.2 Å². The molecule has 0 amide bonds. The lowest BCUT2D eigenvalue weighted by Crippen LogP contribution is -2.42. The standard InChI is InChI=1S/C19H25N3S/c1-15(2)13-22-10-8-17(9-11-22)20-12-19-21-18(14-23-19)16-6-4-3-5-7-16/h3-7,14,17,20H,1,8-13H2,2H3. The number of hydrogen-bond acceptors (Lipinski definition) is 4. The van der Waals surface area contributed by atoms with Crippen molar-refractivity contribution in [2.45, 2.75) is 32.4 Å². The summed E-state index contributed by atoms with van der Waals surface area (Å²) in [6.07, 6.45) is 2.42. The zero-order valence-corrected chi connectivity index (χ0v) is 14.6. The third-order valence-corrected chi connectivity index (χ3v) is 5.09. The van der Waals surface area contributed by atoms with E-state index in [4.69, 9.17) is 4.98 Å². The van der Waals surface area contributed by atoms with Crippen molar-refractivity contribution < 1.29 is 0 Å². The van der Waals surface area contributed by atoms with E-state index in [1.165, 1.54) is 29.0 Å². The van der Waals surface area contributed by atoms with E-state index in [9.17, 15) is 0 Å². The predicted octanol–water partition coefficient (Wildman–Crippen LogP) is 3.94. The van der Waals surface area contributed by atoms with Crippen molar-refractivity contribution in [2.24, 2.45) is 0 Å². The smallest absolute Gasteiger partial charge is 0.107 e. The van der Waals surface area contributed by atoms with Crippen LogP contribution in [0.5, 0.6) is 0 Å². The molecule has 2 heterocycles. The first kappa shape index (κ1) is 16.4. The number of aromatic nitrogens is 1. The highest BCUT2D eigenvalue weighted by Gasteiger charge is 2.18. The third kappa shape index (κ3) is 4.74. The summed E-state index contributed by atoms with van der Waals surface area (Å²) in [5, 5.41) is 7.00. The van der Waals surface area contributed by atoms with Crippen molar-refractivity contribution in [1.29, 1.82) is 0 Å². The molecule has 1 aromatic heterocycles. The summed E-state index contributed by atoms with van der Waals surface area (Å²) in [5.41, 5.74) is 3.54. The molecule has 1 aromatic carbocycles. The molecule has 0 bridgehead atoms. The summed E-state index contributed by atoms with van der Waals surface area (Å²) in [7, 11) is 0. The van der Waals surface area contributed by atoms with Gasteiger partial charge in [-0.1, -0.05) is 42.5 Å². The van der Waals surface area contributed by atoms with Crippen LogP contribution in [0.15, 0.2) is 47.9 Å². The molecule has 0 spiro atoms. The molecule has 0 atom stereocenters. The van der Waals surface area contributed by atoms with E-state index in [1.807, 2.05) is 6.07 Å². The first-order valence-corrected chi connectivity index (χ1v) is 9.18. The van der Waals surface area contributed by atoms with Gasteiger partial charge in [0.1, 0.15) is 5.01 Å². The zero-order valence-electron chi connectivity index (χ0n) is 13.8. The molecular weight excluding hydrogens is 302 g/mol. The molecule has 3 nitrogen and oxygen atoms in total. The highest BCUT2D eigenvalue weighted by atomic mass is 32.1. The fraction of sp³-hybridized carbons (Fsp3) is 0.421. The molecule has 1 aliphatic rings. The number of nitrogens with one attached hydrogen (secondary N) is 1. The largest absolute Gasteiger partial charge is 0.308 e. The maximum absolute atomic E-state index is 4.75. The second kappa shape index (κ2) is 7.86. The highest BCUT2D eigenvalue weighted by molar-refractivity contribution is 7.09. The number of nitrogens with zero attached hydrogens (tertiary/aromatic N) is 2. The fourth-order valence-corrected chi connectivity index (χ4v) is 3.80. The number of benzene rings is 1. The summed E-state index contributed by atoms with van der Waals surface area (Å²) in [4.78, 5) is 7.25. The van der Waals surface area contributed by atoms with Gasteiger partial charge in [0, 0.05) is 30.1 Å². The first-order chi connectivity index (χ1) is 11.2. The maximum Gasteiger partial charge on any atom is 0.107 e. The normalized spacial score (nSPS) is 16.6. The van der Waals surface area contributed by atoms with Gasteiger partial charge in [0.2, 0.25) is 0 Å². The van der Waals surface area contributed by atoms with Crippen molar-refractivity contribution in [2.75, 3.05) is 19.6 Å². The Morgan fingerprint density at radius 1 is 1.30 bits per heavy atom. The minimum absolute atomic E-state index is 0.612. The molecule has 0 radical (unpaired) electrons. The Balaban J connectivity index is 1.47. The second-order valence-corrected chi connectivity index (χ2v) is 7.32. The summed E-state index contributed by atoms with van der Waals surface area (Å²) < 4.78 is 0. The Hall–Kier alpha value is -1.49. The summed E-state index contributed by atoms with van der Waals surface area (Å²) in [5.74, 6) is 0. The van der Waals surface area contributed by atoms with Crippen molar-refractivity contribution >= 4 is 11.3 Å². The maximum atomic E-state index is 4.75. The van der Waals surface area contributed by atoms with Crippen LogP contribution in [0.3, 0.4) is 0 Å². The van der Waals surface area contributed by atoms with E-state index >= 15 is 0 Å². The first-order valence-electron chi connectivity index (χ1n) is 8.30. The van der Waals surface area contributed by atoms with Gasteiger partial charge in [-0.25, -0.2) is 4.98 Å². The zero-order chi connectivity index (χ0) is 16.1. The van der Waals surface area contributed by atoms with Gasteiger partial charge in [-0.2, -0.15) is 0 Å². The third-order valence-electron chi connectivity index (χ3n) is 4.24. The quantitative estimate of drug-likeness (QED) is 0.815. The van der Waals surface area contributed by atoms with Gasteiger partial charge >= 0.3 is 0 Å². The van der Waals surface area contributed by atoms with Crippen molar-refractivity contribution in [3.05, 3.63) is 52.9 Å². The van der Waals surface area contributed by atoms with Crippen LogP contribution in [0.4, 0.5) is 0 Å². The van der Waals surface area contributed by atoms with Crippen LogP contribution in [0.25, 0.3) is 11.3 Å². The van der Waals surface area contributed by atoms with Gasteiger partial charge in [-0.3, -0.25) is 4.90 Å². The molecule has 3 rings (SSSR count). The molecule has 0 unspecified atom stereocenters. The Morgan fingerprint density at radius 2 is 2.04 bits per heavy atom. The number of hydrogen-bond donors (Lipinski definition) is 1. The Bertz CT molecular complexity index is 627. The lowest BCUT2D eigenvalue weighted by atomic mass is 10.0. The van der Waals surface area contributed by atoms with Gasteiger partial charge in [0.15, 0.2) is 0 Å². The van der Waals surface area contributed by atoms with Crippen LogP contribution in [-0.2, 0) is 6.54 Å². The van der Waals surface area contributed by atoms with Gasteiger partial charge < -0.3 is 5.32 Å². The van der Waals surface area contributed by atoms with E-state index < -0.39 is 0 Å². The lowest BCUT2D eigenvalue weighted by molar-refractivity contribution is 0.211. The Labute approximate surface area is 143 Å². The fourth-order valence-electron chi connectivity index (χ4n) is 3.04. The van der Waals surface area contributed by atoms with E-state index in [0.717, 1.165) is 31.9 Å². The van der Waals surface area contributed by atoms with Crippen molar-refractivity contribution in [3.63, 3.8) is 0 Å². The van der Waals surface area contributed by atoms with Crippen LogP contribution in [0.2, 0.25) is 0 Å². The monoisotopic (exact) mass is 327 g/mol. The van der Waals surface area contributed by atoms with E-state index in [1.54, 1.807) is 11.3 Å². The minimum atomic E-state index is 0.612. The summed E-state index contributed by atoms with van der Waals surface area (Å²) in [6.45, 7) is 10.4. The Kier molecular flexibility index (Phi) is 5.60. The molecular formula is C19H25N3S. The average molecular weight is 327 g/mol. The molecule has 0 aliphatic carbocycles. The number of thiazole rings is 1. The summed E-state index contributed by atoms with van der Waals surface area (Å²) >= 11 is 1.75. The van der Waals surface area contributed by atoms with Crippen LogP contribution in [0.1, 0.15) is 24.8 Å². The lowest BCUT2D eigenvalue weighted by Gasteiger charge is -2.32. The van der Waals surface area contributed by atoms with Crippen molar-refractivity contribution in [3.8, 4) is 11.3 Å². The minimum Gasteiger partial charge on any atom is -0.308 e. The van der Waals surface area contributed by atoms with Gasteiger partial charge in [0.05, 0.1) is 5.69 Å². The molecule has 1 saturated heterocycles. The molecule has 23 heavy (non-hydrogen) atoms. The second-order valence-electron chi connectivity index (χ2n) is 6.38. The molecule has 1 aliphatic heterocycles. The van der Waals surface area contributed by atoms with E-state index in [0.29, 0.717) is 6.04 Å². The highest BCUT2D eigenvalue weighted by Crippen LogP contribution is 2.21. The average Bonchev–Trinajstić information content (AvgIpc) is 3.04. The molecule has 1 N–H and O–H groups in total. The molecule has 1 fully saturated rings. The molecule has 122 valence electrons. The predicted molar refractivity (Wildman–Crippen MR) is 98.7 cm³/mol. The van der Waals surface area contributed by atoms with E-state index in [-0.39, 0.29) is 0 Å². The molecule has 0 saturated carbocycles. The summed E-state index contributed by atoms with van der Waals surface area (Å²) in [6, 6.07) is 11.0.